The topological polar surface area (TPSA) is 55.1 Å². The van der Waals surface area contributed by atoms with Crippen LogP contribution in [-0.4, -0.2) is 29.5 Å². The molecule has 1 saturated heterocycles. The lowest BCUT2D eigenvalue weighted by Crippen LogP contribution is -2.53. The minimum absolute atomic E-state index is 0.00513. The Balaban J connectivity index is 1.97. The van der Waals surface area contributed by atoms with Crippen LogP contribution in [0, 0.1) is 17.3 Å². The van der Waals surface area contributed by atoms with Crippen LogP contribution in [0.5, 0.6) is 0 Å². The predicted octanol–water partition coefficient (Wildman–Crippen LogP) is 2.40. The van der Waals surface area contributed by atoms with Crippen LogP contribution in [0.2, 0.25) is 0 Å². The Hall–Kier alpha value is -0.220. The van der Waals surface area contributed by atoms with Gasteiger partial charge in [0.1, 0.15) is 0 Å². The molecule has 1 amide bonds. The van der Waals surface area contributed by atoms with Gasteiger partial charge in [0.25, 0.3) is 0 Å². The molecule has 1 saturated carbocycles. The first-order valence-corrected chi connectivity index (χ1v) is 8.72. The van der Waals surface area contributed by atoms with Crippen molar-refractivity contribution in [3.05, 3.63) is 0 Å². The standard InChI is InChI=1S/C15H28N2OS/c1-10-13(16)5-4-12(15(10,2)3)14(18)17-11-6-8-19-9-7-11/h10-13H,4-9,16H2,1-3H3,(H,17,18). The van der Waals surface area contributed by atoms with Crippen molar-refractivity contribution in [3.8, 4) is 0 Å². The lowest BCUT2D eigenvalue weighted by Gasteiger charge is -2.46. The number of carbonyl (C=O) groups excluding carboxylic acids is 1. The smallest absolute Gasteiger partial charge is 0.223 e. The zero-order valence-electron chi connectivity index (χ0n) is 12.4. The van der Waals surface area contributed by atoms with Crippen molar-refractivity contribution in [1.82, 2.24) is 5.32 Å². The Bertz CT molecular complexity index is 326. The highest BCUT2D eigenvalue weighted by atomic mass is 32.2. The maximum atomic E-state index is 12.6. The zero-order chi connectivity index (χ0) is 14.0. The molecular formula is C15H28N2OS. The van der Waals surface area contributed by atoms with E-state index in [4.69, 9.17) is 5.73 Å². The van der Waals surface area contributed by atoms with Gasteiger partial charge in [0.05, 0.1) is 0 Å². The number of hydrogen-bond acceptors (Lipinski definition) is 3. The van der Waals surface area contributed by atoms with Gasteiger partial charge in [-0.25, -0.2) is 0 Å². The second-order valence-corrected chi connectivity index (χ2v) is 8.02. The molecule has 3 nitrogen and oxygen atoms in total. The fourth-order valence-corrected chi connectivity index (χ4v) is 4.57. The molecule has 1 aliphatic heterocycles. The minimum Gasteiger partial charge on any atom is -0.353 e. The van der Waals surface area contributed by atoms with Crippen LogP contribution in [0.15, 0.2) is 0 Å². The number of rotatable bonds is 2. The molecule has 2 rings (SSSR count). The number of nitrogens with one attached hydrogen (secondary N) is 1. The van der Waals surface area contributed by atoms with E-state index in [0.717, 1.165) is 25.7 Å². The molecule has 0 spiro atoms. The highest BCUT2D eigenvalue weighted by Crippen LogP contribution is 2.44. The number of thioether (sulfide) groups is 1. The molecule has 2 aliphatic rings. The first-order chi connectivity index (χ1) is 8.93. The van der Waals surface area contributed by atoms with Crippen molar-refractivity contribution in [1.29, 1.82) is 0 Å². The fraction of sp³-hybridized carbons (Fsp3) is 0.933. The third-order valence-corrected chi connectivity index (χ3v) is 6.44. The molecule has 3 atom stereocenters. The van der Waals surface area contributed by atoms with Gasteiger partial charge < -0.3 is 11.1 Å². The van der Waals surface area contributed by atoms with Gasteiger partial charge in [-0.15, -0.1) is 0 Å². The summed E-state index contributed by atoms with van der Waals surface area (Å²) in [5, 5.41) is 3.29. The summed E-state index contributed by atoms with van der Waals surface area (Å²) in [6.07, 6.45) is 4.16. The molecule has 3 unspecified atom stereocenters. The summed E-state index contributed by atoms with van der Waals surface area (Å²) in [7, 11) is 0. The van der Waals surface area contributed by atoms with Crippen molar-refractivity contribution >= 4 is 17.7 Å². The first-order valence-electron chi connectivity index (χ1n) is 7.56. The molecule has 2 fully saturated rings. The quantitative estimate of drug-likeness (QED) is 0.818. The van der Waals surface area contributed by atoms with Gasteiger partial charge in [-0.2, -0.15) is 11.8 Å². The number of nitrogens with two attached hydrogens (primary N) is 1. The SMILES string of the molecule is CC1C(N)CCC(C(=O)NC2CCSCC2)C1(C)C. The summed E-state index contributed by atoms with van der Waals surface area (Å²) in [5.41, 5.74) is 6.17. The maximum Gasteiger partial charge on any atom is 0.223 e. The Morgan fingerprint density at radius 3 is 2.47 bits per heavy atom. The molecule has 0 aromatic rings. The minimum atomic E-state index is 0.00513. The average Bonchev–Trinajstić information content (AvgIpc) is 2.37. The van der Waals surface area contributed by atoms with E-state index in [-0.39, 0.29) is 23.3 Å². The summed E-state index contributed by atoms with van der Waals surface area (Å²) < 4.78 is 0. The second-order valence-electron chi connectivity index (χ2n) is 6.80. The highest BCUT2D eigenvalue weighted by Gasteiger charge is 2.45. The highest BCUT2D eigenvalue weighted by molar-refractivity contribution is 7.99. The molecule has 19 heavy (non-hydrogen) atoms. The van der Waals surface area contributed by atoms with E-state index in [0.29, 0.717) is 12.0 Å². The summed E-state index contributed by atoms with van der Waals surface area (Å²) in [6, 6.07) is 0.639. The third kappa shape index (κ3) is 3.27. The number of amides is 1. The Morgan fingerprint density at radius 2 is 1.84 bits per heavy atom. The van der Waals surface area contributed by atoms with E-state index in [1.165, 1.54) is 11.5 Å². The van der Waals surface area contributed by atoms with Crippen LogP contribution in [0.4, 0.5) is 0 Å². The lowest BCUT2D eigenvalue weighted by atomic mass is 9.61. The van der Waals surface area contributed by atoms with E-state index < -0.39 is 0 Å². The fourth-order valence-electron chi connectivity index (χ4n) is 3.46. The van der Waals surface area contributed by atoms with Crippen molar-refractivity contribution in [2.24, 2.45) is 23.0 Å². The lowest BCUT2D eigenvalue weighted by molar-refractivity contribution is -0.133. The van der Waals surface area contributed by atoms with Gasteiger partial charge in [0.15, 0.2) is 0 Å². The second kappa shape index (κ2) is 6.04. The predicted molar refractivity (Wildman–Crippen MR) is 82.1 cm³/mol. The average molecular weight is 284 g/mol. The maximum absolute atomic E-state index is 12.6. The molecule has 0 bridgehead atoms. The van der Waals surface area contributed by atoms with E-state index in [9.17, 15) is 4.79 Å². The molecule has 0 radical (unpaired) electrons. The molecular weight excluding hydrogens is 256 g/mol. The van der Waals surface area contributed by atoms with E-state index in [2.05, 4.69) is 26.1 Å². The van der Waals surface area contributed by atoms with E-state index in [1.54, 1.807) is 0 Å². The van der Waals surface area contributed by atoms with Gasteiger partial charge in [-0.05, 0) is 48.5 Å². The molecule has 3 N–H and O–H groups in total. The summed E-state index contributed by atoms with van der Waals surface area (Å²) in [6.45, 7) is 6.61. The molecule has 110 valence electrons. The van der Waals surface area contributed by atoms with Crippen molar-refractivity contribution in [2.45, 2.75) is 58.5 Å². The summed E-state index contributed by atoms with van der Waals surface area (Å²) in [4.78, 5) is 12.6. The summed E-state index contributed by atoms with van der Waals surface area (Å²) in [5.74, 6) is 3.15. The van der Waals surface area contributed by atoms with Crippen LogP contribution < -0.4 is 11.1 Å². The first kappa shape index (κ1) is 15.2. The normalized spacial score (nSPS) is 35.9. The van der Waals surface area contributed by atoms with Crippen molar-refractivity contribution < 1.29 is 4.79 Å². The molecule has 1 aliphatic carbocycles. The van der Waals surface area contributed by atoms with Crippen molar-refractivity contribution in [2.75, 3.05) is 11.5 Å². The van der Waals surface area contributed by atoms with Gasteiger partial charge in [-0.3, -0.25) is 4.79 Å². The molecule has 0 aromatic heterocycles. The molecule has 1 heterocycles. The Morgan fingerprint density at radius 1 is 1.21 bits per heavy atom. The molecule has 4 heteroatoms. The van der Waals surface area contributed by atoms with Gasteiger partial charge in [0, 0.05) is 18.0 Å². The van der Waals surface area contributed by atoms with Crippen molar-refractivity contribution in [3.63, 3.8) is 0 Å². The van der Waals surface area contributed by atoms with E-state index >= 15 is 0 Å². The van der Waals surface area contributed by atoms with Crippen LogP contribution in [-0.2, 0) is 4.79 Å². The number of carbonyl (C=O) groups is 1. The van der Waals surface area contributed by atoms with Crippen LogP contribution in [0.25, 0.3) is 0 Å². The third-order valence-electron chi connectivity index (χ3n) is 5.39. The summed E-state index contributed by atoms with van der Waals surface area (Å²) >= 11 is 1.99. The zero-order valence-corrected chi connectivity index (χ0v) is 13.3. The largest absolute Gasteiger partial charge is 0.353 e. The van der Waals surface area contributed by atoms with Gasteiger partial charge >= 0.3 is 0 Å². The molecule has 0 aromatic carbocycles. The van der Waals surface area contributed by atoms with Crippen LogP contribution >= 0.6 is 11.8 Å². The van der Waals surface area contributed by atoms with Crippen LogP contribution in [0.3, 0.4) is 0 Å². The number of hydrogen-bond donors (Lipinski definition) is 2. The van der Waals surface area contributed by atoms with Gasteiger partial charge in [0.2, 0.25) is 5.91 Å². The van der Waals surface area contributed by atoms with E-state index in [1.807, 2.05) is 11.8 Å². The van der Waals surface area contributed by atoms with Crippen LogP contribution in [0.1, 0.15) is 46.5 Å². The Kier molecular flexibility index (Phi) is 4.83. The Labute approximate surface area is 121 Å². The van der Waals surface area contributed by atoms with Gasteiger partial charge in [-0.1, -0.05) is 20.8 Å². The monoisotopic (exact) mass is 284 g/mol.